The van der Waals surface area contributed by atoms with Crippen LogP contribution in [0, 0.1) is 6.04 Å². The third-order valence-electron chi connectivity index (χ3n) is 2.14. The maximum atomic E-state index is 11.9. The van der Waals surface area contributed by atoms with Gasteiger partial charge < -0.3 is 4.74 Å². The monoisotopic (exact) mass is 262 g/mol. The Kier molecular flexibility index (Phi) is 3.30. The lowest BCUT2D eigenvalue weighted by molar-refractivity contribution is -0.0498. The molecule has 0 aromatic heterocycles. The summed E-state index contributed by atoms with van der Waals surface area (Å²) < 4.78 is 53.7. The maximum Gasteiger partial charge on any atom is 0.387 e. The van der Waals surface area contributed by atoms with Crippen molar-refractivity contribution in [3.05, 3.63) is 30.3 Å². The van der Waals surface area contributed by atoms with Crippen molar-refractivity contribution in [2.75, 3.05) is 0 Å². The summed E-state index contributed by atoms with van der Waals surface area (Å²) in [6.07, 6.45) is 1.51. The van der Waals surface area contributed by atoms with Crippen molar-refractivity contribution in [2.24, 2.45) is 0 Å². The molecule has 1 aromatic rings. The molecule has 7 heteroatoms. The van der Waals surface area contributed by atoms with Gasteiger partial charge in [-0.25, -0.2) is 13.1 Å². The van der Waals surface area contributed by atoms with E-state index in [1.807, 2.05) is 0 Å². The van der Waals surface area contributed by atoms with E-state index < -0.39 is 16.6 Å². The minimum Gasteiger partial charge on any atom is -0.435 e. The van der Waals surface area contributed by atoms with Crippen LogP contribution in [-0.2, 0) is 10.0 Å². The van der Waals surface area contributed by atoms with Crippen molar-refractivity contribution in [1.82, 2.24) is 4.72 Å². The summed E-state index contributed by atoms with van der Waals surface area (Å²) in [4.78, 5) is 0.0264. The van der Waals surface area contributed by atoms with Gasteiger partial charge in [0.15, 0.2) is 0 Å². The third kappa shape index (κ3) is 3.37. The number of ether oxygens (including phenoxy) is 1. The van der Waals surface area contributed by atoms with E-state index >= 15 is 0 Å². The smallest absolute Gasteiger partial charge is 0.387 e. The lowest BCUT2D eigenvalue weighted by Crippen LogP contribution is -2.21. The first-order chi connectivity index (χ1) is 7.97. The highest BCUT2D eigenvalue weighted by molar-refractivity contribution is 7.89. The van der Waals surface area contributed by atoms with Crippen molar-refractivity contribution in [3.8, 4) is 5.75 Å². The molecule has 1 saturated carbocycles. The van der Waals surface area contributed by atoms with E-state index in [1.54, 1.807) is 0 Å². The SMILES string of the molecule is O=S(=O)(N[C]1CC1)c1ccc(OC(F)F)cc1. The summed E-state index contributed by atoms with van der Waals surface area (Å²) in [6.45, 7) is -2.92. The summed E-state index contributed by atoms with van der Waals surface area (Å²) in [7, 11) is -3.57. The second-order valence-electron chi connectivity index (χ2n) is 3.56. The second-order valence-corrected chi connectivity index (χ2v) is 5.24. The first-order valence-electron chi connectivity index (χ1n) is 4.90. The van der Waals surface area contributed by atoms with Gasteiger partial charge in [0.2, 0.25) is 10.0 Å². The van der Waals surface area contributed by atoms with Gasteiger partial charge in [-0.15, -0.1) is 0 Å². The highest BCUT2D eigenvalue weighted by Crippen LogP contribution is 2.30. The average Bonchev–Trinajstić information content (AvgIpc) is 3.01. The van der Waals surface area contributed by atoms with Crippen LogP contribution in [0.2, 0.25) is 0 Å². The number of alkyl halides is 2. The minimum atomic E-state index is -3.57. The Morgan fingerprint density at radius 1 is 1.18 bits per heavy atom. The zero-order chi connectivity index (χ0) is 12.5. The summed E-state index contributed by atoms with van der Waals surface area (Å²) in [6, 6.07) is 5.60. The molecule has 4 nitrogen and oxygen atoms in total. The van der Waals surface area contributed by atoms with Crippen molar-refractivity contribution in [2.45, 2.75) is 24.3 Å². The van der Waals surface area contributed by atoms with E-state index in [0.29, 0.717) is 0 Å². The molecule has 0 atom stereocenters. The number of rotatable bonds is 5. The van der Waals surface area contributed by atoms with Gasteiger partial charge in [-0.05, 0) is 37.1 Å². The van der Waals surface area contributed by atoms with Crippen LogP contribution < -0.4 is 9.46 Å². The van der Waals surface area contributed by atoms with Gasteiger partial charge in [0.1, 0.15) is 5.75 Å². The molecule has 0 spiro atoms. The highest BCUT2D eigenvalue weighted by atomic mass is 32.2. The Hall–Kier alpha value is -1.21. The van der Waals surface area contributed by atoms with Gasteiger partial charge >= 0.3 is 6.61 Å². The van der Waals surface area contributed by atoms with Crippen LogP contribution in [0.3, 0.4) is 0 Å². The number of benzene rings is 1. The number of sulfonamides is 1. The quantitative estimate of drug-likeness (QED) is 0.881. The minimum absolute atomic E-state index is 0.0264. The molecule has 0 bridgehead atoms. The summed E-state index contributed by atoms with van der Waals surface area (Å²) in [5.41, 5.74) is 0. The fraction of sp³-hybridized carbons (Fsp3) is 0.300. The van der Waals surface area contributed by atoms with Crippen LogP contribution in [0.5, 0.6) is 5.75 Å². The Balaban J connectivity index is 2.11. The van der Waals surface area contributed by atoms with E-state index in [9.17, 15) is 17.2 Å². The second kappa shape index (κ2) is 4.58. The van der Waals surface area contributed by atoms with Crippen LogP contribution >= 0.6 is 0 Å². The van der Waals surface area contributed by atoms with Gasteiger partial charge in [0, 0.05) is 0 Å². The standard InChI is InChI=1S/C10H10F2NO3S/c11-10(12)16-8-3-5-9(6-4-8)17(14,15)13-7-1-2-7/h3-6,10,13H,1-2H2. The first kappa shape index (κ1) is 12.3. The topological polar surface area (TPSA) is 55.4 Å². The maximum absolute atomic E-state index is 11.9. The zero-order valence-corrected chi connectivity index (χ0v) is 9.51. The van der Waals surface area contributed by atoms with Crippen molar-refractivity contribution in [3.63, 3.8) is 0 Å². The normalized spacial score (nSPS) is 16.2. The van der Waals surface area contributed by atoms with Crippen LogP contribution in [0.25, 0.3) is 0 Å². The van der Waals surface area contributed by atoms with Crippen LogP contribution in [0.15, 0.2) is 29.2 Å². The lowest BCUT2D eigenvalue weighted by Gasteiger charge is -2.07. The van der Waals surface area contributed by atoms with Gasteiger partial charge in [-0.1, -0.05) is 0 Å². The fourth-order valence-corrected chi connectivity index (χ4v) is 2.41. The molecule has 1 aliphatic rings. The molecule has 17 heavy (non-hydrogen) atoms. The molecule has 0 aliphatic heterocycles. The van der Waals surface area contributed by atoms with E-state index in [2.05, 4.69) is 9.46 Å². The average molecular weight is 262 g/mol. The van der Waals surface area contributed by atoms with Crippen molar-refractivity contribution >= 4 is 10.0 Å². The largest absolute Gasteiger partial charge is 0.435 e. The molecule has 1 aromatic carbocycles. The predicted molar refractivity (Wildman–Crippen MR) is 55.9 cm³/mol. The number of nitrogens with one attached hydrogen (secondary N) is 1. The third-order valence-corrected chi connectivity index (χ3v) is 3.59. The highest BCUT2D eigenvalue weighted by Gasteiger charge is 2.28. The van der Waals surface area contributed by atoms with E-state index in [1.165, 1.54) is 24.3 Å². The molecule has 1 aliphatic carbocycles. The number of hydrogen-bond donors (Lipinski definition) is 1. The molecular formula is C10H10F2NO3S. The van der Waals surface area contributed by atoms with Crippen molar-refractivity contribution < 1.29 is 21.9 Å². The summed E-state index contributed by atoms with van der Waals surface area (Å²) in [5, 5.41) is 0. The van der Waals surface area contributed by atoms with Gasteiger partial charge in [-0.2, -0.15) is 8.78 Å². The molecule has 0 saturated heterocycles. The van der Waals surface area contributed by atoms with E-state index in [-0.39, 0.29) is 10.6 Å². The first-order valence-corrected chi connectivity index (χ1v) is 6.38. The van der Waals surface area contributed by atoms with Crippen LogP contribution in [-0.4, -0.2) is 15.0 Å². The molecule has 1 fully saturated rings. The van der Waals surface area contributed by atoms with Crippen molar-refractivity contribution in [1.29, 1.82) is 0 Å². The Morgan fingerprint density at radius 3 is 2.24 bits per heavy atom. The molecule has 0 heterocycles. The molecule has 1 N–H and O–H groups in total. The van der Waals surface area contributed by atoms with E-state index in [0.717, 1.165) is 18.9 Å². The Bertz CT molecular complexity index is 483. The molecule has 93 valence electrons. The van der Waals surface area contributed by atoms with Crippen LogP contribution in [0.4, 0.5) is 8.78 Å². The molecule has 1 radical (unpaired) electrons. The van der Waals surface area contributed by atoms with Gasteiger partial charge in [0.25, 0.3) is 0 Å². The van der Waals surface area contributed by atoms with E-state index in [4.69, 9.17) is 0 Å². The fourth-order valence-electron chi connectivity index (χ4n) is 1.21. The summed E-state index contributed by atoms with van der Waals surface area (Å²) >= 11 is 0. The number of halogens is 2. The Morgan fingerprint density at radius 2 is 1.76 bits per heavy atom. The molecule has 0 amide bonds. The molecule has 2 rings (SSSR count). The van der Waals surface area contributed by atoms with Gasteiger partial charge in [0.05, 0.1) is 10.9 Å². The van der Waals surface area contributed by atoms with Crippen LogP contribution in [0.1, 0.15) is 12.8 Å². The predicted octanol–water partition coefficient (Wildman–Crippen LogP) is 1.89. The molecule has 0 unspecified atom stereocenters. The molecular weight excluding hydrogens is 252 g/mol. The lowest BCUT2D eigenvalue weighted by atomic mass is 10.3. The Labute approximate surface area is 97.6 Å². The van der Waals surface area contributed by atoms with Gasteiger partial charge in [-0.3, -0.25) is 0 Å². The summed E-state index contributed by atoms with van der Waals surface area (Å²) in [5.74, 6) is -0.0713. The zero-order valence-electron chi connectivity index (χ0n) is 8.69. The number of hydrogen-bond acceptors (Lipinski definition) is 3.